The molecule has 0 aliphatic carbocycles. The highest BCUT2D eigenvalue weighted by atomic mass is 16.6. The number of amides is 2. The largest absolute Gasteiger partial charge is 0.486 e. The van der Waals surface area contributed by atoms with Gasteiger partial charge in [0.1, 0.15) is 13.2 Å². The third kappa shape index (κ3) is 3.93. The SMILES string of the molecule is CC1CCN(C(=O)c2cncc(C(=O)Nc3ccc4c(c3)OCCO4)c2)CC1. The van der Waals surface area contributed by atoms with E-state index >= 15 is 0 Å². The molecule has 0 radical (unpaired) electrons. The van der Waals surface area contributed by atoms with Crippen LogP contribution in [0.2, 0.25) is 0 Å². The van der Waals surface area contributed by atoms with E-state index in [4.69, 9.17) is 9.47 Å². The predicted molar refractivity (Wildman–Crippen MR) is 104 cm³/mol. The molecule has 2 aliphatic rings. The Morgan fingerprint density at radius 3 is 2.54 bits per heavy atom. The molecular weight excluding hydrogens is 358 g/mol. The van der Waals surface area contributed by atoms with Crippen molar-refractivity contribution in [2.75, 3.05) is 31.6 Å². The Morgan fingerprint density at radius 1 is 1.04 bits per heavy atom. The first-order valence-electron chi connectivity index (χ1n) is 9.55. The Morgan fingerprint density at radius 2 is 1.75 bits per heavy atom. The molecule has 4 rings (SSSR count). The minimum atomic E-state index is -0.328. The number of hydrogen-bond donors (Lipinski definition) is 1. The van der Waals surface area contributed by atoms with Crippen molar-refractivity contribution in [3.05, 3.63) is 47.8 Å². The molecule has 1 fully saturated rings. The standard InChI is InChI=1S/C21H23N3O4/c1-14-4-6-24(7-5-14)21(26)16-10-15(12-22-13-16)20(25)23-17-2-3-18-19(11-17)28-9-8-27-18/h2-3,10-14H,4-9H2,1H3,(H,23,25). The Hall–Kier alpha value is -3.09. The molecule has 1 aromatic heterocycles. The Kier molecular flexibility index (Phi) is 5.14. The van der Waals surface area contributed by atoms with Gasteiger partial charge in [-0.1, -0.05) is 6.92 Å². The van der Waals surface area contributed by atoms with Crippen LogP contribution in [0.3, 0.4) is 0 Å². The van der Waals surface area contributed by atoms with Crippen molar-refractivity contribution in [1.29, 1.82) is 0 Å². The Labute approximate surface area is 163 Å². The highest BCUT2D eigenvalue weighted by Crippen LogP contribution is 2.32. The second-order valence-corrected chi connectivity index (χ2v) is 7.25. The lowest BCUT2D eigenvalue weighted by Gasteiger charge is -2.30. The molecule has 0 bridgehead atoms. The number of benzene rings is 1. The lowest BCUT2D eigenvalue weighted by Crippen LogP contribution is -2.38. The minimum absolute atomic E-state index is 0.0756. The molecule has 0 atom stereocenters. The van der Waals surface area contributed by atoms with Gasteiger partial charge in [0.15, 0.2) is 11.5 Å². The molecule has 7 nitrogen and oxygen atoms in total. The summed E-state index contributed by atoms with van der Waals surface area (Å²) in [4.78, 5) is 31.3. The molecule has 2 amide bonds. The van der Waals surface area contributed by atoms with Crippen LogP contribution in [0.5, 0.6) is 11.5 Å². The van der Waals surface area contributed by atoms with Gasteiger partial charge in [0, 0.05) is 37.2 Å². The van der Waals surface area contributed by atoms with Crippen molar-refractivity contribution in [1.82, 2.24) is 9.88 Å². The highest BCUT2D eigenvalue weighted by Gasteiger charge is 2.22. The van der Waals surface area contributed by atoms with Gasteiger partial charge in [0.2, 0.25) is 0 Å². The number of rotatable bonds is 3. The normalized spacial score (nSPS) is 16.5. The summed E-state index contributed by atoms with van der Waals surface area (Å²) in [7, 11) is 0. The van der Waals surface area contributed by atoms with Crippen LogP contribution in [0, 0.1) is 5.92 Å². The molecule has 3 heterocycles. The number of nitrogens with zero attached hydrogens (tertiary/aromatic N) is 2. The average molecular weight is 381 g/mol. The smallest absolute Gasteiger partial charge is 0.257 e. The van der Waals surface area contributed by atoms with E-state index in [0.717, 1.165) is 25.9 Å². The first-order chi connectivity index (χ1) is 13.6. The first-order valence-corrected chi connectivity index (χ1v) is 9.55. The van der Waals surface area contributed by atoms with Crippen molar-refractivity contribution < 1.29 is 19.1 Å². The van der Waals surface area contributed by atoms with Gasteiger partial charge in [-0.05, 0) is 37.0 Å². The molecule has 28 heavy (non-hydrogen) atoms. The zero-order valence-electron chi connectivity index (χ0n) is 15.8. The van der Waals surface area contributed by atoms with Crippen LogP contribution < -0.4 is 14.8 Å². The fourth-order valence-corrected chi connectivity index (χ4v) is 3.40. The van der Waals surface area contributed by atoms with Crippen LogP contribution in [0.1, 0.15) is 40.5 Å². The van der Waals surface area contributed by atoms with Crippen LogP contribution in [-0.4, -0.2) is 48.0 Å². The number of fused-ring (bicyclic) bond motifs is 1. The van der Waals surface area contributed by atoms with Gasteiger partial charge < -0.3 is 19.7 Å². The Balaban J connectivity index is 1.46. The van der Waals surface area contributed by atoms with Crippen molar-refractivity contribution in [2.45, 2.75) is 19.8 Å². The van der Waals surface area contributed by atoms with Gasteiger partial charge in [-0.25, -0.2) is 0 Å². The molecule has 146 valence electrons. The number of aromatic nitrogens is 1. The maximum absolute atomic E-state index is 12.7. The molecule has 7 heteroatoms. The van der Waals surface area contributed by atoms with E-state index < -0.39 is 0 Å². The molecule has 0 spiro atoms. The third-order valence-electron chi connectivity index (χ3n) is 5.12. The summed E-state index contributed by atoms with van der Waals surface area (Å²) >= 11 is 0. The van der Waals surface area contributed by atoms with E-state index in [0.29, 0.717) is 47.4 Å². The number of carbonyl (C=O) groups excluding carboxylic acids is 2. The van der Waals surface area contributed by atoms with E-state index in [9.17, 15) is 9.59 Å². The topological polar surface area (TPSA) is 80.8 Å². The summed E-state index contributed by atoms with van der Waals surface area (Å²) in [6, 6.07) is 6.84. The van der Waals surface area contributed by atoms with Gasteiger partial charge >= 0.3 is 0 Å². The molecular formula is C21H23N3O4. The van der Waals surface area contributed by atoms with Crippen molar-refractivity contribution in [2.24, 2.45) is 5.92 Å². The van der Waals surface area contributed by atoms with E-state index in [1.807, 2.05) is 4.90 Å². The van der Waals surface area contributed by atoms with Gasteiger partial charge in [-0.2, -0.15) is 0 Å². The number of piperidine rings is 1. The maximum atomic E-state index is 12.7. The first kappa shape index (κ1) is 18.3. The number of likely N-dealkylation sites (tertiary alicyclic amines) is 1. The van der Waals surface area contributed by atoms with Crippen LogP contribution >= 0.6 is 0 Å². The van der Waals surface area contributed by atoms with Gasteiger partial charge in [-0.15, -0.1) is 0 Å². The molecule has 0 unspecified atom stereocenters. The number of carbonyl (C=O) groups is 2. The van der Waals surface area contributed by atoms with Crippen molar-refractivity contribution >= 4 is 17.5 Å². The van der Waals surface area contributed by atoms with Gasteiger partial charge in [0.25, 0.3) is 11.8 Å². The number of nitrogens with one attached hydrogen (secondary N) is 1. The monoisotopic (exact) mass is 381 g/mol. The van der Waals surface area contributed by atoms with Crippen LogP contribution in [0.25, 0.3) is 0 Å². The van der Waals surface area contributed by atoms with Crippen molar-refractivity contribution in [3.63, 3.8) is 0 Å². The zero-order chi connectivity index (χ0) is 19.5. The lowest BCUT2D eigenvalue weighted by atomic mass is 9.98. The second kappa shape index (κ2) is 7.88. The highest BCUT2D eigenvalue weighted by molar-refractivity contribution is 6.06. The van der Waals surface area contributed by atoms with Crippen LogP contribution in [0.15, 0.2) is 36.7 Å². The summed E-state index contributed by atoms with van der Waals surface area (Å²) < 4.78 is 11.0. The average Bonchev–Trinajstić information content (AvgIpc) is 2.74. The number of pyridine rings is 1. The lowest BCUT2D eigenvalue weighted by molar-refractivity contribution is 0.0697. The molecule has 1 aromatic carbocycles. The fourth-order valence-electron chi connectivity index (χ4n) is 3.40. The van der Waals surface area contributed by atoms with Gasteiger partial charge in [-0.3, -0.25) is 14.6 Å². The number of hydrogen-bond acceptors (Lipinski definition) is 5. The summed E-state index contributed by atoms with van der Waals surface area (Å²) in [5.74, 6) is 1.50. The number of ether oxygens (including phenoxy) is 2. The van der Waals surface area contributed by atoms with Gasteiger partial charge in [0.05, 0.1) is 11.1 Å². The summed E-state index contributed by atoms with van der Waals surface area (Å²) in [6.45, 7) is 4.68. The Bertz CT molecular complexity index is 891. The van der Waals surface area contributed by atoms with Crippen molar-refractivity contribution in [3.8, 4) is 11.5 Å². The molecule has 1 saturated heterocycles. The molecule has 2 aromatic rings. The van der Waals surface area contributed by atoms with E-state index in [-0.39, 0.29) is 11.8 Å². The summed E-state index contributed by atoms with van der Waals surface area (Å²) in [6.07, 6.45) is 4.98. The summed E-state index contributed by atoms with van der Waals surface area (Å²) in [5.41, 5.74) is 1.37. The van der Waals surface area contributed by atoms with E-state index in [1.165, 1.54) is 12.4 Å². The fraction of sp³-hybridized carbons (Fsp3) is 0.381. The van der Waals surface area contributed by atoms with Crippen LogP contribution in [0.4, 0.5) is 5.69 Å². The molecule has 2 aliphatic heterocycles. The van der Waals surface area contributed by atoms with Crippen LogP contribution in [-0.2, 0) is 0 Å². The predicted octanol–water partition coefficient (Wildman–Crippen LogP) is 2.98. The second-order valence-electron chi connectivity index (χ2n) is 7.25. The zero-order valence-corrected chi connectivity index (χ0v) is 15.8. The molecule has 0 saturated carbocycles. The third-order valence-corrected chi connectivity index (χ3v) is 5.12. The minimum Gasteiger partial charge on any atom is -0.486 e. The van der Waals surface area contributed by atoms with E-state index in [2.05, 4.69) is 17.2 Å². The molecule has 1 N–H and O–H groups in total. The quantitative estimate of drug-likeness (QED) is 0.884. The summed E-state index contributed by atoms with van der Waals surface area (Å²) in [5, 5.41) is 2.82. The number of anilines is 1. The van der Waals surface area contributed by atoms with E-state index in [1.54, 1.807) is 24.3 Å². The maximum Gasteiger partial charge on any atom is 0.257 e.